The summed E-state index contributed by atoms with van der Waals surface area (Å²) in [5.74, 6) is -0.473. The lowest BCUT2D eigenvalue weighted by molar-refractivity contribution is 0.168. The minimum absolute atomic E-state index is 0.00336. The summed E-state index contributed by atoms with van der Waals surface area (Å²) in [5, 5.41) is 8.52. The SMILES string of the molecule is N=C(Cc1ccc(Cl)cc1F)N1C(=O)OC[C@@H]1Cc1ccccc1. The molecule has 0 aromatic heterocycles. The summed E-state index contributed by atoms with van der Waals surface area (Å²) in [6.45, 7) is 0.221. The molecule has 4 nitrogen and oxygen atoms in total. The summed E-state index contributed by atoms with van der Waals surface area (Å²) in [6, 6.07) is 13.7. The maximum Gasteiger partial charge on any atom is 0.415 e. The van der Waals surface area contributed by atoms with E-state index in [1.54, 1.807) is 6.07 Å². The van der Waals surface area contributed by atoms with Crippen LogP contribution in [0.25, 0.3) is 0 Å². The second-order valence-electron chi connectivity index (χ2n) is 5.65. The van der Waals surface area contributed by atoms with Crippen molar-refractivity contribution in [1.29, 1.82) is 5.41 Å². The van der Waals surface area contributed by atoms with E-state index in [4.69, 9.17) is 21.7 Å². The standard InChI is InChI=1S/C18H16ClFN2O2/c19-14-7-6-13(16(20)10-14)9-17(21)22-15(11-24-18(22)23)8-12-4-2-1-3-5-12/h1-7,10,15,21H,8-9,11H2/t15-/m0/s1. The van der Waals surface area contributed by atoms with Gasteiger partial charge in [-0.15, -0.1) is 0 Å². The second kappa shape index (κ2) is 7.01. The largest absolute Gasteiger partial charge is 0.447 e. The van der Waals surface area contributed by atoms with Gasteiger partial charge in [0.15, 0.2) is 0 Å². The third kappa shape index (κ3) is 3.57. The molecule has 2 aromatic rings. The van der Waals surface area contributed by atoms with Crippen molar-refractivity contribution in [3.05, 3.63) is 70.5 Å². The number of amides is 1. The monoisotopic (exact) mass is 346 g/mol. The maximum atomic E-state index is 13.9. The fourth-order valence-electron chi connectivity index (χ4n) is 2.76. The number of hydrogen-bond acceptors (Lipinski definition) is 3. The Morgan fingerprint density at radius 1 is 1.29 bits per heavy atom. The molecular formula is C18H16ClFN2O2. The van der Waals surface area contributed by atoms with Crippen molar-refractivity contribution in [2.75, 3.05) is 6.61 Å². The van der Waals surface area contributed by atoms with E-state index < -0.39 is 11.9 Å². The van der Waals surface area contributed by atoms with E-state index >= 15 is 0 Å². The smallest absolute Gasteiger partial charge is 0.415 e. The number of nitrogens with zero attached hydrogens (tertiary/aromatic N) is 1. The van der Waals surface area contributed by atoms with Gasteiger partial charge in [-0.25, -0.2) is 9.18 Å². The highest BCUT2D eigenvalue weighted by atomic mass is 35.5. The lowest BCUT2D eigenvalue weighted by Crippen LogP contribution is -2.40. The molecule has 24 heavy (non-hydrogen) atoms. The number of hydrogen-bond donors (Lipinski definition) is 1. The Hall–Kier alpha value is -2.40. The Morgan fingerprint density at radius 3 is 2.75 bits per heavy atom. The number of amidine groups is 1. The molecule has 1 aliphatic rings. The highest BCUT2D eigenvalue weighted by Crippen LogP contribution is 2.21. The van der Waals surface area contributed by atoms with Crippen LogP contribution < -0.4 is 0 Å². The molecule has 1 saturated heterocycles. The van der Waals surface area contributed by atoms with Crippen molar-refractivity contribution < 1.29 is 13.9 Å². The number of nitrogens with one attached hydrogen (secondary N) is 1. The van der Waals surface area contributed by atoms with E-state index in [2.05, 4.69) is 0 Å². The maximum absolute atomic E-state index is 13.9. The zero-order valence-electron chi connectivity index (χ0n) is 12.8. The molecule has 0 bridgehead atoms. The molecule has 0 saturated carbocycles. The first kappa shape index (κ1) is 16.5. The Balaban J connectivity index is 1.75. The van der Waals surface area contributed by atoms with Crippen LogP contribution in [0.2, 0.25) is 5.02 Å². The van der Waals surface area contributed by atoms with Crippen LogP contribution in [0.3, 0.4) is 0 Å². The Bertz CT molecular complexity index is 767. The average molecular weight is 347 g/mol. The molecule has 0 spiro atoms. The third-order valence-electron chi connectivity index (χ3n) is 3.94. The van der Waals surface area contributed by atoms with Crippen molar-refractivity contribution >= 4 is 23.5 Å². The van der Waals surface area contributed by atoms with Gasteiger partial charge in [0.1, 0.15) is 18.3 Å². The van der Waals surface area contributed by atoms with E-state index in [1.807, 2.05) is 30.3 Å². The van der Waals surface area contributed by atoms with Gasteiger partial charge in [-0.1, -0.05) is 48.0 Å². The summed E-state index contributed by atoms with van der Waals surface area (Å²) in [4.78, 5) is 13.3. The van der Waals surface area contributed by atoms with Gasteiger partial charge in [0.05, 0.1) is 6.04 Å². The van der Waals surface area contributed by atoms with E-state index in [0.29, 0.717) is 17.0 Å². The Morgan fingerprint density at radius 2 is 2.04 bits per heavy atom. The van der Waals surface area contributed by atoms with Crippen molar-refractivity contribution in [1.82, 2.24) is 4.90 Å². The molecule has 6 heteroatoms. The molecular weight excluding hydrogens is 331 g/mol. The number of benzene rings is 2. The number of halogens is 2. The van der Waals surface area contributed by atoms with E-state index in [1.165, 1.54) is 17.0 Å². The third-order valence-corrected chi connectivity index (χ3v) is 4.17. The highest BCUT2D eigenvalue weighted by Gasteiger charge is 2.36. The molecule has 0 radical (unpaired) electrons. The quantitative estimate of drug-likeness (QED) is 0.670. The van der Waals surface area contributed by atoms with Crippen molar-refractivity contribution in [3.63, 3.8) is 0 Å². The first-order valence-corrected chi connectivity index (χ1v) is 7.93. The summed E-state index contributed by atoms with van der Waals surface area (Å²) in [6.07, 6.45) is 0.0249. The second-order valence-corrected chi connectivity index (χ2v) is 6.09. The predicted molar refractivity (Wildman–Crippen MR) is 90.0 cm³/mol. The van der Waals surface area contributed by atoms with E-state index in [0.717, 1.165) is 5.56 Å². The molecule has 1 N–H and O–H groups in total. The lowest BCUT2D eigenvalue weighted by Gasteiger charge is -2.22. The fourth-order valence-corrected chi connectivity index (χ4v) is 2.92. The van der Waals surface area contributed by atoms with Gasteiger partial charge in [-0.05, 0) is 29.7 Å². The molecule has 1 atom stereocenters. The molecule has 2 aromatic carbocycles. The van der Waals surface area contributed by atoms with Crippen LogP contribution in [0.15, 0.2) is 48.5 Å². The number of carbonyl (C=O) groups is 1. The summed E-state index contributed by atoms with van der Waals surface area (Å²) in [5.41, 5.74) is 1.37. The molecule has 3 rings (SSSR count). The summed E-state index contributed by atoms with van der Waals surface area (Å²) < 4.78 is 19.0. The van der Waals surface area contributed by atoms with Gasteiger partial charge in [0.25, 0.3) is 0 Å². The fraction of sp³-hybridized carbons (Fsp3) is 0.222. The van der Waals surface area contributed by atoms with Crippen LogP contribution in [-0.2, 0) is 17.6 Å². The zero-order valence-corrected chi connectivity index (χ0v) is 13.6. The Kier molecular flexibility index (Phi) is 4.81. The van der Waals surface area contributed by atoms with Crippen LogP contribution in [0.5, 0.6) is 0 Å². The molecule has 0 aliphatic carbocycles. The normalized spacial score (nSPS) is 17.0. The molecule has 124 valence electrons. The van der Waals surface area contributed by atoms with Gasteiger partial charge in [0.2, 0.25) is 0 Å². The number of rotatable bonds is 4. The minimum atomic E-state index is -0.560. The van der Waals surface area contributed by atoms with Crippen LogP contribution in [0.1, 0.15) is 11.1 Å². The first-order valence-electron chi connectivity index (χ1n) is 7.56. The number of cyclic esters (lactones) is 1. The molecule has 1 heterocycles. The molecule has 1 aliphatic heterocycles. The van der Waals surface area contributed by atoms with Crippen molar-refractivity contribution in [3.8, 4) is 0 Å². The summed E-state index contributed by atoms with van der Waals surface area (Å²) >= 11 is 5.74. The number of ether oxygens (including phenoxy) is 1. The predicted octanol–water partition coefficient (Wildman–Crippen LogP) is 4.06. The first-order chi connectivity index (χ1) is 11.5. The topological polar surface area (TPSA) is 53.4 Å². The van der Waals surface area contributed by atoms with Gasteiger partial charge < -0.3 is 4.74 Å². The van der Waals surface area contributed by atoms with Crippen LogP contribution >= 0.6 is 11.6 Å². The van der Waals surface area contributed by atoms with Gasteiger partial charge in [-0.3, -0.25) is 10.3 Å². The average Bonchev–Trinajstić information content (AvgIpc) is 2.91. The Labute approximate surface area is 144 Å². The summed E-state index contributed by atoms with van der Waals surface area (Å²) in [7, 11) is 0. The van der Waals surface area contributed by atoms with Crippen LogP contribution in [0.4, 0.5) is 9.18 Å². The molecule has 1 amide bonds. The zero-order chi connectivity index (χ0) is 17.1. The van der Waals surface area contributed by atoms with Gasteiger partial charge in [-0.2, -0.15) is 0 Å². The lowest BCUT2D eigenvalue weighted by atomic mass is 10.0. The van der Waals surface area contributed by atoms with E-state index in [9.17, 15) is 9.18 Å². The highest BCUT2D eigenvalue weighted by molar-refractivity contribution is 6.30. The van der Waals surface area contributed by atoms with Crippen molar-refractivity contribution in [2.24, 2.45) is 0 Å². The van der Waals surface area contributed by atoms with Crippen molar-refractivity contribution in [2.45, 2.75) is 18.9 Å². The van der Waals surface area contributed by atoms with Crippen LogP contribution in [0, 0.1) is 11.2 Å². The molecule has 1 fully saturated rings. The van der Waals surface area contributed by atoms with Gasteiger partial charge in [0, 0.05) is 11.4 Å². The number of carbonyl (C=O) groups excluding carboxylic acids is 1. The van der Waals surface area contributed by atoms with Gasteiger partial charge >= 0.3 is 6.09 Å². The van der Waals surface area contributed by atoms with E-state index in [-0.39, 0.29) is 24.9 Å². The molecule has 0 unspecified atom stereocenters. The minimum Gasteiger partial charge on any atom is -0.447 e. The van der Waals surface area contributed by atoms with Crippen LogP contribution in [-0.4, -0.2) is 29.5 Å².